The maximum atomic E-state index is 11.4. The molecule has 5 unspecified atom stereocenters. The Morgan fingerprint density at radius 3 is 2.22 bits per heavy atom. The molecule has 1 fully saturated rings. The van der Waals surface area contributed by atoms with Crippen LogP contribution in [0.5, 0.6) is 0 Å². The first-order chi connectivity index (χ1) is 15.0. The monoisotopic (exact) mass is 458 g/mol. The molecule has 1 aliphatic heterocycles. The fourth-order valence-electron chi connectivity index (χ4n) is 2.94. The average molecular weight is 459 g/mol. The molecule has 0 saturated carbocycles. The van der Waals surface area contributed by atoms with Crippen LogP contribution < -0.4 is 0 Å². The van der Waals surface area contributed by atoms with Gasteiger partial charge in [0.1, 0.15) is 31.5 Å². The molecule has 32 heavy (non-hydrogen) atoms. The fourth-order valence-corrected chi connectivity index (χ4v) is 2.94. The van der Waals surface area contributed by atoms with Gasteiger partial charge in [-0.05, 0) is 31.8 Å². The average Bonchev–Trinajstić information content (AvgIpc) is 2.70. The van der Waals surface area contributed by atoms with Gasteiger partial charge in [-0.15, -0.1) is 0 Å². The number of ether oxygens (including phenoxy) is 5. The summed E-state index contributed by atoms with van der Waals surface area (Å²) in [6.45, 7) is 9.74. The molecule has 0 aromatic rings. The summed E-state index contributed by atoms with van der Waals surface area (Å²) in [6, 6.07) is 0. The van der Waals surface area contributed by atoms with Crippen LogP contribution in [0.4, 0.5) is 0 Å². The van der Waals surface area contributed by atoms with E-state index in [4.69, 9.17) is 23.7 Å². The van der Waals surface area contributed by atoms with Crippen molar-refractivity contribution in [3.8, 4) is 0 Å². The Hall–Kier alpha value is -2.27. The highest BCUT2D eigenvalue weighted by Gasteiger charge is 2.47. The van der Waals surface area contributed by atoms with Crippen LogP contribution in [-0.2, 0) is 38.1 Å². The van der Waals surface area contributed by atoms with Crippen LogP contribution in [-0.4, -0.2) is 78.6 Å². The molecule has 0 amide bonds. The van der Waals surface area contributed by atoms with Crippen LogP contribution in [0.2, 0.25) is 0 Å². The third-order valence-corrected chi connectivity index (χ3v) is 4.63. The minimum absolute atomic E-state index is 0.167. The van der Waals surface area contributed by atoms with E-state index in [1.54, 1.807) is 0 Å². The van der Waals surface area contributed by atoms with Crippen molar-refractivity contribution in [1.29, 1.82) is 0 Å². The molecule has 10 nitrogen and oxygen atoms in total. The molecule has 0 aromatic carbocycles. The van der Waals surface area contributed by atoms with Gasteiger partial charge >= 0.3 is 17.9 Å². The van der Waals surface area contributed by atoms with Gasteiger partial charge < -0.3 is 33.9 Å². The fraction of sp³-hybridized carbons (Fsp3) is 0.682. The van der Waals surface area contributed by atoms with E-state index in [0.29, 0.717) is 12.8 Å². The van der Waals surface area contributed by atoms with Crippen molar-refractivity contribution in [2.75, 3.05) is 19.8 Å². The minimum atomic E-state index is -1.48. The highest BCUT2D eigenvalue weighted by Crippen LogP contribution is 2.25. The van der Waals surface area contributed by atoms with E-state index in [1.807, 2.05) is 13.0 Å². The van der Waals surface area contributed by atoms with Crippen molar-refractivity contribution in [2.45, 2.75) is 77.7 Å². The van der Waals surface area contributed by atoms with E-state index >= 15 is 0 Å². The summed E-state index contributed by atoms with van der Waals surface area (Å²) in [5.74, 6) is -1.57. The highest BCUT2D eigenvalue weighted by molar-refractivity contribution is 5.66. The summed E-state index contributed by atoms with van der Waals surface area (Å²) in [5.41, 5.74) is 1.84. The number of allylic oxidation sites excluding steroid dienone is 1. The van der Waals surface area contributed by atoms with E-state index in [9.17, 15) is 24.6 Å². The Kier molecular flexibility index (Phi) is 12.1. The predicted octanol–water partition coefficient (Wildman–Crippen LogP) is 1.18. The lowest BCUT2D eigenvalue weighted by atomic mass is 9.99. The molecule has 2 N–H and O–H groups in total. The Morgan fingerprint density at radius 1 is 0.969 bits per heavy atom. The summed E-state index contributed by atoms with van der Waals surface area (Å²) < 4.78 is 26.1. The van der Waals surface area contributed by atoms with Gasteiger partial charge in [-0.2, -0.15) is 0 Å². The number of aliphatic hydroxyl groups excluding tert-OH is 2. The van der Waals surface area contributed by atoms with E-state index in [-0.39, 0.29) is 25.8 Å². The Morgan fingerprint density at radius 2 is 1.62 bits per heavy atom. The molecule has 1 aliphatic rings. The number of carbonyl (C=O) groups excluding carboxylic acids is 3. The van der Waals surface area contributed by atoms with Crippen molar-refractivity contribution in [3.63, 3.8) is 0 Å². The topological polar surface area (TPSA) is 138 Å². The molecule has 182 valence electrons. The van der Waals surface area contributed by atoms with Crippen LogP contribution in [0.15, 0.2) is 23.8 Å². The van der Waals surface area contributed by atoms with Gasteiger partial charge in [0, 0.05) is 20.8 Å². The second-order valence-corrected chi connectivity index (χ2v) is 7.64. The number of aliphatic hydroxyl groups is 2. The van der Waals surface area contributed by atoms with Gasteiger partial charge in [0.25, 0.3) is 0 Å². The lowest BCUT2D eigenvalue weighted by Crippen LogP contribution is -2.60. The second kappa shape index (κ2) is 14.0. The predicted molar refractivity (Wildman–Crippen MR) is 112 cm³/mol. The van der Waals surface area contributed by atoms with E-state index in [1.165, 1.54) is 20.8 Å². The van der Waals surface area contributed by atoms with Gasteiger partial charge in [-0.1, -0.05) is 18.2 Å². The first kappa shape index (κ1) is 27.8. The van der Waals surface area contributed by atoms with Gasteiger partial charge in [-0.3, -0.25) is 14.4 Å². The van der Waals surface area contributed by atoms with Crippen molar-refractivity contribution >= 4 is 17.9 Å². The highest BCUT2D eigenvalue weighted by atomic mass is 16.7. The maximum Gasteiger partial charge on any atom is 0.303 e. The zero-order valence-corrected chi connectivity index (χ0v) is 19.1. The number of esters is 3. The lowest BCUT2D eigenvalue weighted by molar-refractivity contribution is -0.304. The van der Waals surface area contributed by atoms with Crippen LogP contribution in [0.3, 0.4) is 0 Å². The Bertz CT molecular complexity index is 684. The normalized spacial score (nSPS) is 25.7. The molecule has 1 rings (SSSR count). The van der Waals surface area contributed by atoms with E-state index < -0.39 is 42.6 Å². The number of rotatable bonds is 12. The van der Waals surface area contributed by atoms with Crippen LogP contribution in [0.1, 0.15) is 47.0 Å². The molecule has 0 bridgehead atoms. The molecule has 0 radical (unpaired) electrons. The van der Waals surface area contributed by atoms with Crippen LogP contribution in [0, 0.1) is 0 Å². The molecule has 1 saturated heterocycles. The zero-order chi connectivity index (χ0) is 24.3. The zero-order valence-electron chi connectivity index (χ0n) is 19.1. The largest absolute Gasteiger partial charge is 0.463 e. The third kappa shape index (κ3) is 10.4. The van der Waals surface area contributed by atoms with Crippen molar-refractivity contribution in [3.05, 3.63) is 23.8 Å². The number of carbonyl (C=O) groups is 3. The Balaban J connectivity index is 2.56. The van der Waals surface area contributed by atoms with Gasteiger partial charge in [0.2, 0.25) is 0 Å². The second-order valence-electron chi connectivity index (χ2n) is 7.64. The lowest BCUT2D eigenvalue weighted by Gasteiger charge is -2.41. The molecule has 5 atom stereocenters. The molecule has 0 aliphatic carbocycles. The SMILES string of the molecule is C=C(CCC=C(C)COC(C)=O)CCOC1OC(COC(C)=O)C(O)C(O)C1OC(C)=O. The smallest absolute Gasteiger partial charge is 0.303 e. The summed E-state index contributed by atoms with van der Waals surface area (Å²) in [5, 5.41) is 20.6. The quantitative estimate of drug-likeness (QED) is 0.249. The summed E-state index contributed by atoms with van der Waals surface area (Å²) in [7, 11) is 0. The van der Waals surface area contributed by atoms with Crippen LogP contribution in [0.25, 0.3) is 0 Å². The summed E-state index contributed by atoms with van der Waals surface area (Å²) in [4.78, 5) is 33.3. The number of hydrogen-bond acceptors (Lipinski definition) is 10. The van der Waals surface area contributed by atoms with Crippen molar-refractivity contribution in [2.24, 2.45) is 0 Å². The number of hydrogen-bond donors (Lipinski definition) is 2. The molecular weight excluding hydrogens is 424 g/mol. The van der Waals surface area contributed by atoms with Crippen molar-refractivity contribution < 1.29 is 48.3 Å². The first-order valence-corrected chi connectivity index (χ1v) is 10.4. The molecule has 0 spiro atoms. The van der Waals surface area contributed by atoms with Crippen LogP contribution >= 0.6 is 0 Å². The molecule has 0 aromatic heterocycles. The Labute approximate surface area is 188 Å². The summed E-state index contributed by atoms with van der Waals surface area (Å²) >= 11 is 0. The van der Waals surface area contributed by atoms with Crippen molar-refractivity contribution in [1.82, 2.24) is 0 Å². The standard InChI is InChI=1S/C22H34O10/c1-13(7-6-8-14(2)11-29-15(3)23)9-10-28-22-21(31-17(5)25)20(27)19(26)18(32-22)12-30-16(4)24/h8,18-22,26-27H,1,6-7,9-12H2,2-5H3. The molecule has 10 heteroatoms. The summed E-state index contributed by atoms with van der Waals surface area (Å²) in [6.07, 6.45) is -2.49. The first-order valence-electron chi connectivity index (χ1n) is 10.4. The van der Waals surface area contributed by atoms with Gasteiger partial charge in [0.05, 0.1) is 6.61 Å². The molecule has 1 heterocycles. The third-order valence-electron chi connectivity index (χ3n) is 4.63. The maximum absolute atomic E-state index is 11.4. The van der Waals surface area contributed by atoms with Gasteiger partial charge in [-0.25, -0.2) is 0 Å². The van der Waals surface area contributed by atoms with E-state index in [0.717, 1.165) is 17.6 Å². The van der Waals surface area contributed by atoms with Gasteiger partial charge in [0.15, 0.2) is 12.4 Å². The van der Waals surface area contributed by atoms with E-state index in [2.05, 4.69) is 6.58 Å². The molecular formula is C22H34O10. The minimum Gasteiger partial charge on any atom is -0.463 e.